The summed E-state index contributed by atoms with van der Waals surface area (Å²) in [6.45, 7) is 5.61. The monoisotopic (exact) mass is 414 g/mol. The maximum atomic E-state index is 12.5. The lowest BCUT2D eigenvalue weighted by Gasteiger charge is -2.18. The Labute approximate surface area is 180 Å². The molecule has 6 nitrogen and oxygen atoms in total. The number of benzene rings is 3. The number of rotatable bonds is 6. The Morgan fingerprint density at radius 3 is 2.42 bits per heavy atom. The molecule has 1 aliphatic rings. The molecular weight excluding hydrogens is 392 g/mol. The zero-order valence-corrected chi connectivity index (χ0v) is 17.1. The van der Waals surface area contributed by atoms with E-state index in [2.05, 4.69) is 11.9 Å². The van der Waals surface area contributed by atoms with Gasteiger partial charge < -0.3 is 15.0 Å². The second-order valence-corrected chi connectivity index (χ2v) is 7.38. The van der Waals surface area contributed by atoms with Gasteiger partial charge in [0.05, 0.1) is 6.42 Å². The van der Waals surface area contributed by atoms with Crippen LogP contribution in [0.4, 0.5) is 5.69 Å². The predicted octanol–water partition coefficient (Wildman–Crippen LogP) is 4.23. The van der Waals surface area contributed by atoms with E-state index in [0.29, 0.717) is 16.9 Å². The zero-order chi connectivity index (χ0) is 22.0. The Balaban J connectivity index is 1.30. The number of nitrogens with zero attached hydrogens (tertiary/aromatic N) is 1. The van der Waals surface area contributed by atoms with Gasteiger partial charge in [-0.1, -0.05) is 55.1 Å². The van der Waals surface area contributed by atoms with Crippen molar-refractivity contribution in [2.75, 3.05) is 11.9 Å². The minimum atomic E-state index is -0.964. The van der Waals surface area contributed by atoms with E-state index in [1.807, 2.05) is 48.5 Å². The number of carbonyl (C=O) groups excluding carboxylic acids is 3. The lowest BCUT2D eigenvalue weighted by Crippen LogP contribution is -2.32. The molecular formula is C25H22N2O4. The topological polar surface area (TPSA) is 75.7 Å². The maximum Gasteiger partial charge on any atom is 0.308 e. The Morgan fingerprint density at radius 1 is 1.00 bits per heavy atom. The first-order chi connectivity index (χ1) is 14.9. The molecule has 3 aromatic rings. The van der Waals surface area contributed by atoms with Gasteiger partial charge in [-0.2, -0.15) is 0 Å². The van der Waals surface area contributed by atoms with Crippen LogP contribution in [0.25, 0.3) is 16.5 Å². The molecule has 4 rings (SSSR count). The molecule has 0 aliphatic carbocycles. The number of amides is 2. The molecule has 2 amide bonds. The van der Waals surface area contributed by atoms with Crippen LogP contribution in [0, 0.1) is 0 Å². The number of ether oxygens (including phenoxy) is 1. The highest BCUT2D eigenvalue weighted by Crippen LogP contribution is 2.31. The van der Waals surface area contributed by atoms with Gasteiger partial charge in [0.1, 0.15) is 0 Å². The van der Waals surface area contributed by atoms with E-state index in [1.54, 1.807) is 18.2 Å². The van der Waals surface area contributed by atoms with Crippen molar-refractivity contribution in [1.82, 2.24) is 4.90 Å². The second kappa shape index (κ2) is 8.44. The fraction of sp³-hybridized carbons (Fsp3) is 0.160. The van der Waals surface area contributed by atoms with Gasteiger partial charge in [-0.3, -0.25) is 14.4 Å². The highest BCUT2D eigenvalue weighted by molar-refractivity contribution is 6.09. The minimum Gasteiger partial charge on any atom is -0.452 e. The van der Waals surface area contributed by atoms with Crippen LogP contribution in [0.5, 0.6) is 0 Å². The highest BCUT2D eigenvalue weighted by atomic mass is 16.5. The number of hydrogen-bond donors (Lipinski definition) is 1. The molecule has 3 aromatic carbocycles. The molecule has 1 heterocycles. The summed E-state index contributed by atoms with van der Waals surface area (Å²) >= 11 is 0. The molecule has 0 fully saturated rings. The van der Waals surface area contributed by atoms with Crippen LogP contribution in [0.1, 0.15) is 29.3 Å². The largest absolute Gasteiger partial charge is 0.452 e. The van der Waals surface area contributed by atoms with Gasteiger partial charge in [0, 0.05) is 29.1 Å². The molecule has 0 spiro atoms. The molecule has 1 N–H and O–H groups in total. The van der Waals surface area contributed by atoms with Crippen molar-refractivity contribution in [2.24, 2.45) is 0 Å². The van der Waals surface area contributed by atoms with Crippen molar-refractivity contribution in [2.45, 2.75) is 19.4 Å². The third-order valence-corrected chi connectivity index (χ3v) is 5.27. The molecule has 1 aliphatic heterocycles. The van der Waals surface area contributed by atoms with Crippen molar-refractivity contribution in [3.8, 4) is 0 Å². The zero-order valence-electron chi connectivity index (χ0n) is 17.1. The number of nitrogens with one attached hydrogen (secondary N) is 1. The van der Waals surface area contributed by atoms with E-state index in [9.17, 15) is 14.4 Å². The quantitative estimate of drug-likeness (QED) is 0.613. The summed E-state index contributed by atoms with van der Waals surface area (Å²) in [5.74, 6) is -1.16. The molecule has 1 atom stereocenters. The van der Waals surface area contributed by atoms with Crippen molar-refractivity contribution >= 4 is 39.9 Å². The van der Waals surface area contributed by atoms with Gasteiger partial charge in [-0.05, 0) is 35.9 Å². The summed E-state index contributed by atoms with van der Waals surface area (Å²) in [4.78, 5) is 38.6. The standard InChI is InChI=1S/C25H22N2O4/c1-16-21-9-5-6-10-22(21)25(30)27(16)14-13-23(28)31-17(2)24(29)26-20-12-11-18-7-3-4-8-19(18)15-20/h3-12,15,17H,1,13-14H2,2H3,(H,26,29)/t17-/m0/s1. The first-order valence-corrected chi connectivity index (χ1v) is 10.0. The molecule has 0 saturated heterocycles. The van der Waals surface area contributed by atoms with E-state index in [4.69, 9.17) is 4.74 Å². The highest BCUT2D eigenvalue weighted by Gasteiger charge is 2.31. The Kier molecular flexibility index (Phi) is 5.54. The van der Waals surface area contributed by atoms with E-state index >= 15 is 0 Å². The normalized spacial score (nSPS) is 13.8. The van der Waals surface area contributed by atoms with E-state index < -0.39 is 18.0 Å². The Hall–Kier alpha value is -3.93. The molecule has 31 heavy (non-hydrogen) atoms. The smallest absolute Gasteiger partial charge is 0.308 e. The molecule has 0 unspecified atom stereocenters. The van der Waals surface area contributed by atoms with Gasteiger partial charge in [-0.25, -0.2) is 0 Å². The molecule has 6 heteroatoms. The van der Waals surface area contributed by atoms with Crippen LogP contribution < -0.4 is 5.32 Å². The van der Waals surface area contributed by atoms with Crippen LogP contribution in [-0.2, 0) is 14.3 Å². The SMILES string of the molecule is C=C1c2ccccc2C(=O)N1CCC(=O)O[C@@H](C)C(=O)Nc1ccc2ccccc2c1. The summed E-state index contributed by atoms with van der Waals surface area (Å²) in [6, 6.07) is 20.6. The average molecular weight is 414 g/mol. The summed E-state index contributed by atoms with van der Waals surface area (Å²) in [6.07, 6.45) is -1.000. The predicted molar refractivity (Wildman–Crippen MR) is 119 cm³/mol. The number of carbonyl (C=O) groups is 3. The number of hydrogen-bond acceptors (Lipinski definition) is 4. The molecule has 156 valence electrons. The van der Waals surface area contributed by atoms with Crippen LogP contribution in [0.2, 0.25) is 0 Å². The van der Waals surface area contributed by atoms with Gasteiger partial charge >= 0.3 is 5.97 Å². The first kappa shape index (κ1) is 20.3. The van der Waals surface area contributed by atoms with E-state index in [0.717, 1.165) is 16.3 Å². The summed E-state index contributed by atoms with van der Waals surface area (Å²) in [5.41, 5.74) is 2.53. The molecule has 0 radical (unpaired) electrons. The van der Waals surface area contributed by atoms with Crippen LogP contribution in [0.15, 0.2) is 73.3 Å². The second-order valence-electron chi connectivity index (χ2n) is 7.38. The maximum absolute atomic E-state index is 12.5. The lowest BCUT2D eigenvalue weighted by atomic mass is 10.1. The molecule has 0 bridgehead atoms. The fourth-order valence-electron chi connectivity index (χ4n) is 3.59. The van der Waals surface area contributed by atoms with Crippen molar-refractivity contribution in [1.29, 1.82) is 0 Å². The first-order valence-electron chi connectivity index (χ1n) is 10.0. The lowest BCUT2D eigenvalue weighted by molar-refractivity contribution is -0.153. The number of esters is 1. The summed E-state index contributed by atoms with van der Waals surface area (Å²) < 4.78 is 5.26. The molecule has 0 saturated carbocycles. The third-order valence-electron chi connectivity index (χ3n) is 5.27. The van der Waals surface area contributed by atoms with E-state index in [-0.39, 0.29) is 18.9 Å². The van der Waals surface area contributed by atoms with Crippen molar-refractivity contribution in [3.05, 3.63) is 84.4 Å². The number of anilines is 1. The third kappa shape index (κ3) is 4.19. The minimum absolute atomic E-state index is 0.0354. The van der Waals surface area contributed by atoms with E-state index in [1.165, 1.54) is 11.8 Å². The Bertz CT molecular complexity index is 1170. The Morgan fingerprint density at radius 2 is 1.68 bits per heavy atom. The van der Waals surface area contributed by atoms with Crippen LogP contribution >= 0.6 is 0 Å². The van der Waals surface area contributed by atoms with Gasteiger partial charge in [0.2, 0.25) is 0 Å². The number of fused-ring (bicyclic) bond motifs is 2. The van der Waals surface area contributed by atoms with Crippen LogP contribution in [-0.4, -0.2) is 35.3 Å². The van der Waals surface area contributed by atoms with Gasteiger partial charge in [0.15, 0.2) is 6.10 Å². The van der Waals surface area contributed by atoms with Crippen LogP contribution in [0.3, 0.4) is 0 Å². The van der Waals surface area contributed by atoms with Crippen molar-refractivity contribution in [3.63, 3.8) is 0 Å². The molecule has 0 aromatic heterocycles. The summed E-state index contributed by atoms with van der Waals surface area (Å²) in [7, 11) is 0. The van der Waals surface area contributed by atoms with Crippen molar-refractivity contribution < 1.29 is 19.1 Å². The average Bonchev–Trinajstić information content (AvgIpc) is 3.02. The van der Waals surface area contributed by atoms with Gasteiger partial charge in [0.25, 0.3) is 11.8 Å². The van der Waals surface area contributed by atoms with Gasteiger partial charge in [-0.15, -0.1) is 0 Å². The summed E-state index contributed by atoms with van der Waals surface area (Å²) in [5, 5.41) is 4.84. The fourth-order valence-corrected chi connectivity index (χ4v) is 3.59.